The van der Waals surface area contributed by atoms with Gasteiger partial charge in [-0.25, -0.2) is 13.2 Å². The van der Waals surface area contributed by atoms with Gasteiger partial charge in [0.15, 0.2) is 5.82 Å². The summed E-state index contributed by atoms with van der Waals surface area (Å²) in [6.45, 7) is 3.55. The number of terminal acetylenes is 1. The predicted molar refractivity (Wildman–Crippen MR) is 168 cm³/mol. The molecule has 3 fully saturated rings. The second kappa shape index (κ2) is 11.4. The number of nitrogens with zero attached hydrogens (tertiary/aromatic N) is 6. The van der Waals surface area contributed by atoms with Gasteiger partial charge in [-0.1, -0.05) is 30.2 Å². The van der Waals surface area contributed by atoms with Crippen molar-refractivity contribution in [2.24, 2.45) is 5.92 Å². The number of rotatable bonds is 6. The molecule has 2 aromatic carbocycles. The van der Waals surface area contributed by atoms with Crippen LogP contribution in [0.5, 0.6) is 6.01 Å². The highest BCUT2D eigenvalue weighted by Crippen LogP contribution is 2.42. The SMILES string of the molecule is C#Cc1c(F)ccc2cccc(-c3ncc4c(N5C[C@H](CC#N)C[C@@](C)(O)C5)nc(OC[C@@]56CCCN5C[C@H](F)C6)nc4c3F)c12. The molecule has 3 aliphatic heterocycles. The molecule has 4 aromatic rings. The fourth-order valence-electron chi connectivity index (χ4n) is 7.82. The average molecular weight is 627 g/mol. The highest BCUT2D eigenvalue weighted by Gasteiger charge is 2.49. The van der Waals surface area contributed by atoms with Crippen LogP contribution < -0.4 is 9.64 Å². The topological polar surface area (TPSA) is 98.4 Å². The summed E-state index contributed by atoms with van der Waals surface area (Å²) in [5.74, 6) is 1.18. The van der Waals surface area contributed by atoms with Crippen molar-refractivity contribution in [3.63, 3.8) is 0 Å². The summed E-state index contributed by atoms with van der Waals surface area (Å²) in [5, 5.41) is 21.8. The number of benzene rings is 2. The fourth-order valence-corrected chi connectivity index (χ4v) is 7.82. The van der Waals surface area contributed by atoms with Crippen molar-refractivity contribution in [1.29, 1.82) is 5.26 Å². The van der Waals surface area contributed by atoms with Crippen LogP contribution in [-0.2, 0) is 0 Å². The molecule has 1 N–H and O–H groups in total. The molecule has 0 saturated carbocycles. The number of anilines is 1. The molecule has 0 amide bonds. The molecule has 4 atom stereocenters. The van der Waals surface area contributed by atoms with Gasteiger partial charge in [-0.3, -0.25) is 9.88 Å². The van der Waals surface area contributed by atoms with Crippen molar-refractivity contribution >= 4 is 27.5 Å². The van der Waals surface area contributed by atoms with E-state index in [0.717, 1.165) is 19.4 Å². The number of hydrogen-bond donors (Lipinski definition) is 1. The van der Waals surface area contributed by atoms with E-state index in [1.165, 1.54) is 12.3 Å². The van der Waals surface area contributed by atoms with Crippen LogP contribution in [0.25, 0.3) is 32.9 Å². The summed E-state index contributed by atoms with van der Waals surface area (Å²) in [7, 11) is 0. The Bertz CT molecular complexity index is 1940. The number of hydrogen-bond acceptors (Lipinski definition) is 8. The Morgan fingerprint density at radius 2 is 2.02 bits per heavy atom. The van der Waals surface area contributed by atoms with Gasteiger partial charge in [-0.2, -0.15) is 15.2 Å². The van der Waals surface area contributed by atoms with E-state index in [4.69, 9.17) is 16.1 Å². The molecular formula is C35H33F3N6O2. The first-order valence-electron chi connectivity index (χ1n) is 15.5. The first kappa shape index (κ1) is 30.2. The van der Waals surface area contributed by atoms with E-state index in [9.17, 15) is 19.1 Å². The number of β-amino-alcohol motifs (C(OH)–C–C–N with tert-alkyl or cyclic N) is 1. The molecule has 5 heterocycles. The van der Waals surface area contributed by atoms with E-state index in [2.05, 4.69) is 26.9 Å². The maximum atomic E-state index is 16.8. The number of fused-ring (bicyclic) bond motifs is 3. The van der Waals surface area contributed by atoms with Crippen LogP contribution >= 0.6 is 0 Å². The van der Waals surface area contributed by atoms with Crippen molar-refractivity contribution in [2.45, 2.75) is 56.3 Å². The maximum Gasteiger partial charge on any atom is 0.319 e. The van der Waals surface area contributed by atoms with Gasteiger partial charge in [0.25, 0.3) is 0 Å². The standard InChI is InChI=1S/C35H33F3N6O2/c1-3-24-27(37)9-8-22-6-4-7-25(28(22)24)30-29(38)31-26(16-40-30)32(43-17-21(10-12-39)14-34(2,45)19-43)42-33(41-31)46-20-35-11-5-13-44(35)18-23(36)15-35/h1,4,6-9,16,21,23,45H,5,10-11,13-15,17-20H2,2H3/t21-,23-,34-,35+/m1/s1. The van der Waals surface area contributed by atoms with E-state index in [1.807, 2.05) is 4.90 Å². The quantitative estimate of drug-likeness (QED) is 0.278. The van der Waals surface area contributed by atoms with Gasteiger partial charge in [0.2, 0.25) is 0 Å². The highest BCUT2D eigenvalue weighted by molar-refractivity contribution is 6.02. The van der Waals surface area contributed by atoms with Crippen LogP contribution in [0, 0.1) is 41.2 Å². The first-order valence-corrected chi connectivity index (χ1v) is 15.5. The van der Waals surface area contributed by atoms with Crippen molar-refractivity contribution in [3.8, 4) is 35.7 Å². The number of nitriles is 1. The smallest absolute Gasteiger partial charge is 0.319 e. The minimum absolute atomic E-state index is 0.00369. The van der Waals surface area contributed by atoms with Crippen LogP contribution in [0.4, 0.5) is 19.0 Å². The summed E-state index contributed by atoms with van der Waals surface area (Å²) in [6, 6.07) is 10.1. The summed E-state index contributed by atoms with van der Waals surface area (Å²) < 4.78 is 52.2. The van der Waals surface area contributed by atoms with Gasteiger partial charge in [0.1, 0.15) is 35.6 Å². The molecular weight excluding hydrogens is 593 g/mol. The Balaban J connectivity index is 1.38. The zero-order chi connectivity index (χ0) is 32.2. The Morgan fingerprint density at radius 3 is 2.83 bits per heavy atom. The van der Waals surface area contributed by atoms with Gasteiger partial charge in [-0.15, -0.1) is 6.42 Å². The Kier molecular flexibility index (Phi) is 7.50. The third-order valence-electron chi connectivity index (χ3n) is 9.69. The largest absolute Gasteiger partial charge is 0.461 e. The number of pyridine rings is 1. The third kappa shape index (κ3) is 5.18. The molecule has 3 saturated heterocycles. The molecule has 46 heavy (non-hydrogen) atoms. The predicted octanol–water partition coefficient (Wildman–Crippen LogP) is 5.55. The van der Waals surface area contributed by atoms with Gasteiger partial charge in [0.05, 0.1) is 28.2 Å². The minimum Gasteiger partial charge on any atom is -0.461 e. The molecule has 11 heteroatoms. The van der Waals surface area contributed by atoms with Gasteiger partial charge in [0, 0.05) is 49.6 Å². The molecule has 8 nitrogen and oxygen atoms in total. The minimum atomic E-state index is -1.13. The monoisotopic (exact) mass is 626 g/mol. The lowest BCUT2D eigenvalue weighted by Gasteiger charge is -2.41. The van der Waals surface area contributed by atoms with Crippen LogP contribution in [0.15, 0.2) is 36.5 Å². The number of halogens is 3. The molecule has 0 aliphatic carbocycles. The molecule has 3 aliphatic rings. The molecule has 0 unspecified atom stereocenters. The molecule has 7 rings (SSSR count). The summed E-state index contributed by atoms with van der Waals surface area (Å²) in [6.07, 6.45) is 8.90. The van der Waals surface area contributed by atoms with Crippen molar-refractivity contribution in [1.82, 2.24) is 19.9 Å². The summed E-state index contributed by atoms with van der Waals surface area (Å²) >= 11 is 0. The van der Waals surface area contributed by atoms with E-state index in [1.54, 1.807) is 31.2 Å². The van der Waals surface area contributed by atoms with Crippen LogP contribution in [-0.4, -0.2) is 75.1 Å². The van der Waals surface area contributed by atoms with Gasteiger partial charge < -0.3 is 14.7 Å². The molecule has 236 valence electrons. The maximum absolute atomic E-state index is 16.8. The molecule has 0 spiro atoms. The zero-order valence-corrected chi connectivity index (χ0v) is 25.4. The lowest BCUT2D eigenvalue weighted by molar-refractivity contribution is 0.0257. The third-order valence-corrected chi connectivity index (χ3v) is 9.69. The van der Waals surface area contributed by atoms with Crippen molar-refractivity contribution in [3.05, 3.63) is 53.7 Å². The second-order valence-electron chi connectivity index (χ2n) is 13.2. The van der Waals surface area contributed by atoms with Crippen LogP contribution in [0.2, 0.25) is 0 Å². The van der Waals surface area contributed by atoms with E-state index >= 15 is 4.39 Å². The zero-order valence-electron chi connectivity index (χ0n) is 25.4. The average Bonchev–Trinajstić information content (AvgIpc) is 3.55. The lowest BCUT2D eigenvalue weighted by Crippen LogP contribution is -2.50. The van der Waals surface area contributed by atoms with Crippen molar-refractivity contribution < 1.29 is 23.0 Å². The normalized spacial score (nSPS) is 26.3. The highest BCUT2D eigenvalue weighted by atomic mass is 19.1. The molecule has 2 aromatic heterocycles. The Labute approximate surface area is 264 Å². The number of aromatic nitrogens is 3. The number of aliphatic hydroxyl groups is 1. The lowest BCUT2D eigenvalue weighted by atomic mass is 9.85. The van der Waals surface area contributed by atoms with Gasteiger partial charge in [-0.05, 0) is 50.1 Å². The summed E-state index contributed by atoms with van der Waals surface area (Å²) in [5.41, 5.74) is -1.44. The van der Waals surface area contributed by atoms with Crippen LogP contribution in [0.1, 0.15) is 44.6 Å². The molecule has 0 radical (unpaired) electrons. The van der Waals surface area contributed by atoms with Gasteiger partial charge >= 0.3 is 6.01 Å². The first-order chi connectivity index (χ1) is 22.1. The van der Waals surface area contributed by atoms with Crippen LogP contribution in [0.3, 0.4) is 0 Å². The Morgan fingerprint density at radius 1 is 1.17 bits per heavy atom. The number of piperidine rings is 1. The second-order valence-corrected chi connectivity index (χ2v) is 13.2. The fraction of sp³-hybridized carbons (Fsp3) is 0.429. The van der Waals surface area contributed by atoms with Crippen molar-refractivity contribution in [2.75, 3.05) is 37.7 Å². The Hall–Kier alpha value is -4.45. The number of alkyl halides is 1. The van der Waals surface area contributed by atoms with E-state index < -0.39 is 28.9 Å². The molecule has 0 bridgehead atoms. The summed E-state index contributed by atoms with van der Waals surface area (Å²) in [4.78, 5) is 17.7. The van der Waals surface area contributed by atoms with E-state index in [0.29, 0.717) is 48.1 Å². The number of ether oxygens (including phenoxy) is 1. The van der Waals surface area contributed by atoms with E-state index in [-0.39, 0.29) is 53.7 Å².